The minimum absolute atomic E-state index is 0.200. The van der Waals surface area contributed by atoms with E-state index in [9.17, 15) is 0 Å². The van der Waals surface area contributed by atoms with Crippen molar-refractivity contribution in [2.24, 2.45) is 0 Å². The van der Waals surface area contributed by atoms with Gasteiger partial charge < -0.3 is 15.4 Å². The lowest BCUT2D eigenvalue weighted by Crippen LogP contribution is -2.45. The molecule has 0 saturated carbocycles. The molecule has 0 aliphatic carbocycles. The molecule has 10 heavy (non-hydrogen) atoms. The first-order valence-corrected chi connectivity index (χ1v) is 3.24. The van der Waals surface area contributed by atoms with Crippen LogP contribution in [-0.4, -0.2) is 33.7 Å². The van der Waals surface area contributed by atoms with E-state index in [1.807, 2.05) is 5.48 Å². The van der Waals surface area contributed by atoms with Gasteiger partial charge in [-0.2, -0.15) is 5.48 Å². The molecule has 0 saturated heterocycles. The Hall–Kier alpha value is -0.160. The molecule has 0 aromatic carbocycles. The quantitative estimate of drug-likeness (QED) is 0.406. The van der Waals surface area contributed by atoms with Gasteiger partial charge in [0.25, 0.3) is 0 Å². The van der Waals surface area contributed by atoms with Gasteiger partial charge in [0.1, 0.15) is 0 Å². The Labute approximate surface area is 60.5 Å². The zero-order valence-electron chi connectivity index (χ0n) is 6.33. The fourth-order valence-electron chi connectivity index (χ4n) is 0.798. The molecule has 62 valence electrons. The minimum atomic E-state index is -0.784. The van der Waals surface area contributed by atoms with Crippen LogP contribution in [0.2, 0.25) is 0 Å². The molecule has 0 bridgehead atoms. The van der Waals surface area contributed by atoms with Crippen LogP contribution in [0.15, 0.2) is 0 Å². The number of rotatable bonds is 4. The zero-order chi connectivity index (χ0) is 8.20. The normalized spacial score (nSPS) is 20.1. The molecule has 4 heteroatoms. The average Bonchev–Trinajstić information content (AvgIpc) is 1.87. The summed E-state index contributed by atoms with van der Waals surface area (Å²) in [6.45, 7) is 3.03. The van der Waals surface area contributed by atoms with Gasteiger partial charge in [0.15, 0.2) is 0 Å². The minimum Gasteiger partial charge on any atom is -0.394 e. The van der Waals surface area contributed by atoms with E-state index in [2.05, 4.69) is 0 Å². The molecule has 0 aromatic rings. The second kappa shape index (κ2) is 3.88. The Morgan fingerprint density at radius 3 is 2.20 bits per heavy atom. The fourth-order valence-corrected chi connectivity index (χ4v) is 0.798. The van der Waals surface area contributed by atoms with Crippen LogP contribution < -0.4 is 5.48 Å². The van der Waals surface area contributed by atoms with E-state index in [1.165, 1.54) is 0 Å². The molecule has 0 fully saturated rings. The molecular formula is C6H15NO3. The summed E-state index contributed by atoms with van der Waals surface area (Å²) >= 11 is 0. The largest absolute Gasteiger partial charge is 0.394 e. The molecule has 0 aliphatic heterocycles. The molecule has 0 heterocycles. The van der Waals surface area contributed by atoms with Crippen molar-refractivity contribution < 1.29 is 15.4 Å². The van der Waals surface area contributed by atoms with Crippen LogP contribution in [0.3, 0.4) is 0 Å². The molecule has 0 rings (SSSR count). The fraction of sp³-hybridized carbons (Fsp3) is 1.00. The summed E-state index contributed by atoms with van der Waals surface area (Å²) in [5.41, 5.74) is 1.17. The number of aliphatic hydroxyl groups is 2. The smallest absolute Gasteiger partial charge is 0.0656 e. The SMILES string of the molecule is CC(O)CC(C)(CO)NO. The van der Waals surface area contributed by atoms with E-state index < -0.39 is 11.6 Å². The second-order valence-electron chi connectivity index (χ2n) is 2.88. The Kier molecular flexibility index (Phi) is 3.81. The third-order valence-corrected chi connectivity index (χ3v) is 1.36. The van der Waals surface area contributed by atoms with Gasteiger partial charge >= 0.3 is 0 Å². The van der Waals surface area contributed by atoms with E-state index in [-0.39, 0.29) is 6.61 Å². The number of hydroxylamine groups is 1. The van der Waals surface area contributed by atoms with Crippen LogP contribution >= 0.6 is 0 Å². The molecule has 0 spiro atoms. The van der Waals surface area contributed by atoms with Gasteiger partial charge in [0, 0.05) is 0 Å². The van der Waals surface area contributed by atoms with Gasteiger partial charge in [-0.05, 0) is 20.3 Å². The number of nitrogens with one attached hydrogen (secondary N) is 1. The molecule has 2 atom stereocenters. The third kappa shape index (κ3) is 3.12. The molecule has 0 radical (unpaired) electrons. The topological polar surface area (TPSA) is 72.7 Å². The van der Waals surface area contributed by atoms with Gasteiger partial charge in [0.05, 0.1) is 18.2 Å². The van der Waals surface area contributed by atoms with Gasteiger partial charge in [-0.1, -0.05) is 0 Å². The summed E-state index contributed by atoms with van der Waals surface area (Å²) in [5, 5.41) is 26.1. The van der Waals surface area contributed by atoms with Crippen LogP contribution in [0.5, 0.6) is 0 Å². The van der Waals surface area contributed by atoms with Crippen molar-refractivity contribution in [2.45, 2.75) is 31.9 Å². The number of hydrogen-bond acceptors (Lipinski definition) is 4. The van der Waals surface area contributed by atoms with E-state index in [0.29, 0.717) is 6.42 Å². The molecule has 0 amide bonds. The van der Waals surface area contributed by atoms with Gasteiger partial charge in [-0.15, -0.1) is 0 Å². The first kappa shape index (κ1) is 9.84. The van der Waals surface area contributed by atoms with Crippen LogP contribution in [0.4, 0.5) is 0 Å². The van der Waals surface area contributed by atoms with Crippen molar-refractivity contribution in [1.29, 1.82) is 0 Å². The lowest BCUT2D eigenvalue weighted by atomic mass is 9.97. The first-order valence-electron chi connectivity index (χ1n) is 3.24. The predicted molar refractivity (Wildman–Crippen MR) is 36.7 cm³/mol. The van der Waals surface area contributed by atoms with Crippen LogP contribution in [-0.2, 0) is 0 Å². The second-order valence-corrected chi connectivity index (χ2v) is 2.88. The standard InChI is InChI=1S/C6H15NO3/c1-5(9)3-6(2,4-8)7-10/h5,7-10H,3-4H2,1-2H3. The summed E-state index contributed by atoms with van der Waals surface area (Å²) in [4.78, 5) is 0. The van der Waals surface area contributed by atoms with Crippen molar-refractivity contribution in [3.63, 3.8) is 0 Å². The first-order chi connectivity index (χ1) is 4.54. The summed E-state index contributed by atoms with van der Waals surface area (Å²) in [5.74, 6) is 0. The number of aliphatic hydroxyl groups excluding tert-OH is 2. The lowest BCUT2D eigenvalue weighted by molar-refractivity contribution is 0.00358. The van der Waals surface area contributed by atoms with Crippen molar-refractivity contribution in [2.75, 3.05) is 6.61 Å². The molecule has 2 unspecified atom stereocenters. The monoisotopic (exact) mass is 149 g/mol. The van der Waals surface area contributed by atoms with Gasteiger partial charge in [-0.25, -0.2) is 0 Å². The summed E-state index contributed by atoms with van der Waals surface area (Å²) in [6, 6.07) is 0. The lowest BCUT2D eigenvalue weighted by Gasteiger charge is -2.26. The summed E-state index contributed by atoms with van der Waals surface area (Å²) < 4.78 is 0. The Bertz CT molecular complexity index is 91.0. The summed E-state index contributed by atoms with van der Waals surface area (Å²) in [7, 11) is 0. The molecule has 4 nitrogen and oxygen atoms in total. The van der Waals surface area contributed by atoms with Crippen molar-refractivity contribution in [1.82, 2.24) is 5.48 Å². The maximum Gasteiger partial charge on any atom is 0.0656 e. The zero-order valence-corrected chi connectivity index (χ0v) is 6.33. The van der Waals surface area contributed by atoms with Crippen LogP contribution in [0.25, 0.3) is 0 Å². The molecule has 0 aliphatic rings. The Morgan fingerprint density at radius 1 is 1.60 bits per heavy atom. The highest BCUT2D eigenvalue weighted by Gasteiger charge is 2.23. The van der Waals surface area contributed by atoms with Gasteiger partial charge in [-0.3, -0.25) is 0 Å². The molecular weight excluding hydrogens is 134 g/mol. The predicted octanol–water partition coefficient (Wildman–Crippen LogP) is -0.513. The highest BCUT2D eigenvalue weighted by Crippen LogP contribution is 2.09. The van der Waals surface area contributed by atoms with Crippen molar-refractivity contribution in [3.8, 4) is 0 Å². The maximum absolute atomic E-state index is 8.89. The summed E-state index contributed by atoms with van der Waals surface area (Å²) in [6.07, 6.45) is -0.211. The van der Waals surface area contributed by atoms with E-state index in [4.69, 9.17) is 15.4 Å². The molecule has 0 aromatic heterocycles. The van der Waals surface area contributed by atoms with E-state index >= 15 is 0 Å². The van der Waals surface area contributed by atoms with Crippen molar-refractivity contribution >= 4 is 0 Å². The highest BCUT2D eigenvalue weighted by atomic mass is 16.5. The van der Waals surface area contributed by atoms with Gasteiger partial charge in [0.2, 0.25) is 0 Å². The Morgan fingerprint density at radius 2 is 2.10 bits per heavy atom. The maximum atomic E-state index is 8.89. The average molecular weight is 149 g/mol. The molecule has 4 N–H and O–H groups in total. The van der Waals surface area contributed by atoms with E-state index in [1.54, 1.807) is 13.8 Å². The van der Waals surface area contributed by atoms with E-state index in [0.717, 1.165) is 0 Å². The van der Waals surface area contributed by atoms with Crippen LogP contribution in [0.1, 0.15) is 20.3 Å². The number of hydrogen-bond donors (Lipinski definition) is 4. The van der Waals surface area contributed by atoms with Crippen molar-refractivity contribution in [3.05, 3.63) is 0 Å². The Balaban J connectivity index is 3.80. The third-order valence-electron chi connectivity index (χ3n) is 1.36. The highest BCUT2D eigenvalue weighted by molar-refractivity contribution is 4.80. The van der Waals surface area contributed by atoms with Crippen LogP contribution in [0, 0.1) is 0 Å².